The van der Waals surface area contributed by atoms with Gasteiger partial charge in [0.2, 0.25) is 0 Å². The van der Waals surface area contributed by atoms with Crippen LogP contribution < -0.4 is 5.56 Å². The van der Waals surface area contributed by atoms with Crippen LogP contribution in [-0.2, 0) is 16.4 Å². The maximum Gasteiger partial charge on any atom is 0.252 e. The van der Waals surface area contributed by atoms with Crippen LogP contribution in [0.1, 0.15) is 18.4 Å². The maximum absolute atomic E-state index is 12.5. The highest BCUT2D eigenvalue weighted by molar-refractivity contribution is 7.91. The van der Waals surface area contributed by atoms with E-state index in [2.05, 4.69) is 14.8 Å². The molecule has 3 heterocycles. The first-order valence-electron chi connectivity index (χ1n) is 9.78. The van der Waals surface area contributed by atoms with E-state index < -0.39 is 9.84 Å². The van der Waals surface area contributed by atoms with Gasteiger partial charge in [0.25, 0.3) is 5.56 Å². The summed E-state index contributed by atoms with van der Waals surface area (Å²) >= 11 is 0. The van der Waals surface area contributed by atoms with Crippen molar-refractivity contribution >= 4 is 20.7 Å². The van der Waals surface area contributed by atoms with Crippen LogP contribution in [0.4, 0.5) is 0 Å². The third kappa shape index (κ3) is 3.44. The van der Waals surface area contributed by atoms with Gasteiger partial charge in [-0.25, -0.2) is 8.42 Å². The molecule has 3 aliphatic rings. The fraction of sp³-hybridized carbons (Fsp3) is 0.550. The van der Waals surface area contributed by atoms with Gasteiger partial charge in [-0.3, -0.25) is 14.6 Å². The lowest BCUT2D eigenvalue weighted by molar-refractivity contribution is 0.0374. The third-order valence-electron chi connectivity index (χ3n) is 6.30. The molecular formula is C20H25N3O3S. The zero-order valence-corrected chi connectivity index (χ0v) is 16.1. The van der Waals surface area contributed by atoms with Gasteiger partial charge in [-0.05, 0) is 36.3 Å². The summed E-state index contributed by atoms with van der Waals surface area (Å²) in [4.78, 5) is 20.1. The summed E-state index contributed by atoms with van der Waals surface area (Å²) in [5.41, 5.74) is 1.47. The maximum atomic E-state index is 12.5. The third-order valence-corrected chi connectivity index (χ3v) is 8.00. The Kier molecular flexibility index (Phi) is 4.14. The van der Waals surface area contributed by atoms with Crippen LogP contribution in [0, 0.1) is 5.92 Å². The molecule has 1 aliphatic carbocycles. The molecule has 0 unspecified atom stereocenters. The van der Waals surface area contributed by atoms with Crippen molar-refractivity contribution in [2.75, 3.05) is 31.1 Å². The van der Waals surface area contributed by atoms with Gasteiger partial charge < -0.3 is 4.98 Å². The number of nitrogens with zero attached hydrogens (tertiary/aromatic N) is 2. The van der Waals surface area contributed by atoms with E-state index in [0.29, 0.717) is 12.1 Å². The van der Waals surface area contributed by atoms with Gasteiger partial charge in [-0.2, -0.15) is 0 Å². The van der Waals surface area contributed by atoms with Crippen LogP contribution in [0.25, 0.3) is 10.9 Å². The van der Waals surface area contributed by atoms with Crippen molar-refractivity contribution in [3.63, 3.8) is 0 Å². The summed E-state index contributed by atoms with van der Waals surface area (Å²) < 4.78 is 24.7. The lowest BCUT2D eigenvalue weighted by atomic mass is 10.0. The predicted molar refractivity (Wildman–Crippen MR) is 106 cm³/mol. The summed E-state index contributed by atoms with van der Waals surface area (Å²) in [5, 5.41) is 1.01. The number of sulfone groups is 1. The van der Waals surface area contributed by atoms with Crippen molar-refractivity contribution < 1.29 is 8.42 Å². The van der Waals surface area contributed by atoms with E-state index in [0.717, 1.165) is 36.5 Å². The van der Waals surface area contributed by atoms with E-state index in [4.69, 9.17) is 0 Å². The van der Waals surface area contributed by atoms with Crippen LogP contribution in [-0.4, -0.2) is 66.4 Å². The summed E-state index contributed by atoms with van der Waals surface area (Å²) in [7, 11) is -3.02. The molecule has 1 saturated carbocycles. The Morgan fingerprint density at radius 2 is 1.74 bits per heavy atom. The summed E-state index contributed by atoms with van der Waals surface area (Å²) in [6.45, 7) is 3.24. The minimum Gasteiger partial charge on any atom is -0.322 e. The number of rotatable bonds is 4. The lowest BCUT2D eigenvalue weighted by Crippen LogP contribution is -2.59. The van der Waals surface area contributed by atoms with Crippen molar-refractivity contribution in [3.05, 3.63) is 46.2 Å². The first-order valence-corrected chi connectivity index (χ1v) is 11.6. The number of benzene rings is 1. The fourth-order valence-corrected chi connectivity index (χ4v) is 6.72. The predicted octanol–water partition coefficient (Wildman–Crippen LogP) is 1.22. The number of fused-ring (bicyclic) bond motifs is 2. The molecule has 2 aliphatic heterocycles. The van der Waals surface area contributed by atoms with Crippen LogP contribution in [0.3, 0.4) is 0 Å². The normalized spacial score (nSPS) is 28.4. The number of hydrogen-bond donors (Lipinski definition) is 1. The second kappa shape index (κ2) is 6.43. The summed E-state index contributed by atoms with van der Waals surface area (Å²) in [5.74, 6) is 1.23. The van der Waals surface area contributed by atoms with E-state index >= 15 is 0 Å². The number of H-pyrrole nitrogens is 1. The monoisotopic (exact) mass is 387 g/mol. The van der Waals surface area contributed by atoms with Crippen LogP contribution >= 0.6 is 0 Å². The van der Waals surface area contributed by atoms with Crippen molar-refractivity contribution in [3.8, 4) is 0 Å². The summed E-state index contributed by atoms with van der Waals surface area (Å²) in [6.07, 6.45) is 2.55. The molecule has 2 aromatic rings. The molecule has 1 N–H and O–H groups in total. The van der Waals surface area contributed by atoms with Gasteiger partial charge in [0, 0.05) is 49.3 Å². The second-order valence-electron chi connectivity index (χ2n) is 8.33. The molecule has 0 bridgehead atoms. The van der Waals surface area contributed by atoms with Gasteiger partial charge in [0.15, 0.2) is 9.84 Å². The first kappa shape index (κ1) is 17.4. The number of hydrogen-bond acceptors (Lipinski definition) is 5. The Balaban J connectivity index is 1.42. The van der Waals surface area contributed by atoms with Crippen LogP contribution in [0.15, 0.2) is 35.1 Å². The number of piperazine rings is 1. The molecule has 3 fully saturated rings. The van der Waals surface area contributed by atoms with Gasteiger partial charge in [0.1, 0.15) is 0 Å². The zero-order valence-electron chi connectivity index (χ0n) is 15.3. The van der Waals surface area contributed by atoms with Crippen molar-refractivity contribution in [2.45, 2.75) is 31.5 Å². The largest absolute Gasteiger partial charge is 0.322 e. The Hall–Kier alpha value is -1.70. The molecule has 5 rings (SSSR count). The molecular weight excluding hydrogens is 362 g/mol. The molecule has 0 radical (unpaired) electrons. The molecule has 6 nitrogen and oxygen atoms in total. The van der Waals surface area contributed by atoms with E-state index in [1.165, 1.54) is 12.8 Å². The molecule has 0 amide bonds. The molecule has 0 spiro atoms. The van der Waals surface area contributed by atoms with Crippen LogP contribution in [0.2, 0.25) is 0 Å². The quantitative estimate of drug-likeness (QED) is 0.854. The molecule has 1 aromatic carbocycles. The average Bonchev–Trinajstić information content (AvgIpc) is 3.38. The standard InChI is InChI=1S/C20H25N3O3S/c24-20-16(9-15-3-1-2-4-17(15)21-20)11-23-8-7-22(10-14-5-6-14)18-12-27(25,26)13-19(18)23/h1-4,9,14,18-19H,5-8,10-13H2,(H,21,24)/t18-,19+/m1/s1. The lowest BCUT2D eigenvalue weighted by Gasteiger charge is -2.44. The van der Waals surface area contributed by atoms with Gasteiger partial charge in [0.05, 0.1) is 11.5 Å². The molecule has 144 valence electrons. The van der Waals surface area contributed by atoms with Crippen LogP contribution in [0.5, 0.6) is 0 Å². The fourth-order valence-electron chi connectivity index (χ4n) is 4.68. The molecule has 2 saturated heterocycles. The Labute approximate surface area is 159 Å². The zero-order chi connectivity index (χ0) is 18.6. The highest BCUT2D eigenvalue weighted by atomic mass is 32.2. The van der Waals surface area contributed by atoms with Gasteiger partial charge in [-0.1, -0.05) is 18.2 Å². The second-order valence-corrected chi connectivity index (χ2v) is 10.5. The Morgan fingerprint density at radius 1 is 1.04 bits per heavy atom. The van der Waals surface area contributed by atoms with E-state index in [1.54, 1.807) is 0 Å². The summed E-state index contributed by atoms with van der Waals surface area (Å²) in [6, 6.07) is 9.77. The number of pyridine rings is 1. The minimum absolute atomic E-state index is 0.00614. The van der Waals surface area contributed by atoms with Gasteiger partial charge in [-0.15, -0.1) is 0 Å². The molecule has 27 heavy (non-hydrogen) atoms. The SMILES string of the molecule is O=c1[nH]c2ccccc2cc1CN1CCN(CC2CC2)[C@@H]2CS(=O)(=O)C[C@@H]21. The highest BCUT2D eigenvalue weighted by Crippen LogP contribution is 2.34. The molecule has 7 heteroatoms. The number of aromatic amines is 1. The van der Waals surface area contributed by atoms with Crippen molar-refractivity contribution in [1.82, 2.24) is 14.8 Å². The van der Waals surface area contributed by atoms with E-state index in [1.807, 2.05) is 30.3 Å². The number of aromatic nitrogens is 1. The Bertz CT molecular complexity index is 1030. The Morgan fingerprint density at radius 3 is 2.52 bits per heavy atom. The van der Waals surface area contributed by atoms with E-state index in [9.17, 15) is 13.2 Å². The van der Waals surface area contributed by atoms with Gasteiger partial charge >= 0.3 is 0 Å². The first-order chi connectivity index (χ1) is 13.0. The van der Waals surface area contributed by atoms with E-state index in [-0.39, 0.29) is 29.1 Å². The number of para-hydroxylation sites is 1. The highest BCUT2D eigenvalue weighted by Gasteiger charge is 2.47. The van der Waals surface area contributed by atoms with Crippen molar-refractivity contribution in [2.24, 2.45) is 5.92 Å². The van der Waals surface area contributed by atoms with Crippen molar-refractivity contribution in [1.29, 1.82) is 0 Å². The minimum atomic E-state index is -3.02. The molecule has 2 atom stereocenters. The topological polar surface area (TPSA) is 73.5 Å². The molecule has 1 aromatic heterocycles. The smallest absolute Gasteiger partial charge is 0.252 e. The number of nitrogens with one attached hydrogen (secondary N) is 1. The average molecular weight is 388 g/mol.